The first-order chi connectivity index (χ1) is 15.6. The third-order valence-electron chi connectivity index (χ3n) is 5.51. The zero-order valence-corrected chi connectivity index (χ0v) is 20.8. The second-order valence-electron chi connectivity index (χ2n) is 7.73. The number of phenols is 1. The molecule has 0 radical (unpaired) electrons. The Morgan fingerprint density at radius 3 is 2.66 bits per heavy atom. The number of anilines is 1. The van der Waals surface area contributed by atoms with Crippen LogP contribution in [0.3, 0.4) is 0 Å². The smallest absolute Gasteiger partial charge is 0.259 e. The van der Waals surface area contributed by atoms with Gasteiger partial charge in [-0.2, -0.15) is 0 Å². The Kier molecular flexibility index (Phi) is 7.47. The van der Waals surface area contributed by atoms with Gasteiger partial charge < -0.3 is 15.2 Å². The first kappa shape index (κ1) is 22.8. The molecular formula is C25H25IN2O3S. The number of benzene rings is 2. The molecule has 0 fully saturated rings. The molecule has 2 aromatic carbocycles. The molecule has 0 aliphatic heterocycles. The molecule has 1 aliphatic carbocycles. The molecule has 4 rings (SSSR count). The first-order valence-electron chi connectivity index (χ1n) is 10.7. The van der Waals surface area contributed by atoms with Crippen molar-refractivity contribution in [1.82, 2.24) is 0 Å². The standard InChI is InChI=1S/C25H25IN2O3S/c1-31-20-14-16(13-19(26)23(20)29)15-27-25-22(24(30)28-17-9-5-4-6-10-17)18-11-7-2-3-8-12-21(18)32-25/h4-6,9-10,13-15,29H,2-3,7-8,11-12H2,1H3,(H,28,30). The van der Waals surface area contributed by atoms with Crippen LogP contribution < -0.4 is 10.1 Å². The van der Waals surface area contributed by atoms with Crippen molar-refractivity contribution >= 4 is 56.7 Å². The highest BCUT2D eigenvalue weighted by Gasteiger charge is 2.24. The first-order valence-corrected chi connectivity index (χ1v) is 12.6. The SMILES string of the molecule is COc1cc(C=Nc2sc3c(c2C(=O)Nc2ccccc2)CCCCCC3)cc(I)c1O. The number of methoxy groups -OCH3 is 1. The van der Waals surface area contributed by atoms with Crippen molar-refractivity contribution < 1.29 is 14.6 Å². The van der Waals surface area contributed by atoms with Gasteiger partial charge in [0, 0.05) is 16.8 Å². The number of carbonyl (C=O) groups excluding carboxylic acids is 1. The van der Waals surface area contributed by atoms with Crippen LogP contribution >= 0.6 is 33.9 Å². The molecule has 2 N–H and O–H groups in total. The van der Waals surface area contributed by atoms with Crippen LogP contribution in [0.4, 0.5) is 10.7 Å². The van der Waals surface area contributed by atoms with Gasteiger partial charge in [-0.1, -0.05) is 31.0 Å². The van der Waals surface area contributed by atoms with E-state index in [0.717, 1.165) is 47.5 Å². The third-order valence-corrected chi connectivity index (χ3v) is 7.54. The summed E-state index contributed by atoms with van der Waals surface area (Å²) in [4.78, 5) is 19.4. The molecule has 7 heteroatoms. The van der Waals surface area contributed by atoms with Crippen molar-refractivity contribution in [2.45, 2.75) is 38.5 Å². The van der Waals surface area contributed by atoms with E-state index in [2.05, 4.69) is 27.9 Å². The number of aryl methyl sites for hydroxylation is 1. The topological polar surface area (TPSA) is 70.9 Å². The average Bonchev–Trinajstić information content (AvgIpc) is 3.11. The summed E-state index contributed by atoms with van der Waals surface area (Å²) in [6.07, 6.45) is 8.29. The number of hydrogen-bond donors (Lipinski definition) is 2. The molecule has 0 bridgehead atoms. The normalized spacial score (nSPS) is 13.9. The van der Waals surface area contributed by atoms with Crippen molar-refractivity contribution in [3.63, 3.8) is 0 Å². The van der Waals surface area contributed by atoms with Crippen LogP contribution in [0.1, 0.15) is 52.0 Å². The van der Waals surface area contributed by atoms with E-state index in [1.54, 1.807) is 23.6 Å². The number of rotatable bonds is 5. The highest BCUT2D eigenvalue weighted by molar-refractivity contribution is 14.1. The molecule has 166 valence electrons. The summed E-state index contributed by atoms with van der Waals surface area (Å²) in [5, 5.41) is 13.9. The Balaban J connectivity index is 1.72. The Bertz CT molecular complexity index is 1140. The fourth-order valence-electron chi connectivity index (χ4n) is 3.90. The van der Waals surface area contributed by atoms with Gasteiger partial charge in [0.15, 0.2) is 11.5 Å². The van der Waals surface area contributed by atoms with Crippen molar-refractivity contribution in [3.8, 4) is 11.5 Å². The number of aliphatic imine (C=N–C) groups is 1. The minimum atomic E-state index is -0.112. The number of nitrogens with zero attached hydrogens (tertiary/aromatic N) is 1. The van der Waals surface area contributed by atoms with Crippen molar-refractivity contribution in [3.05, 3.63) is 67.6 Å². The number of nitrogens with one attached hydrogen (secondary N) is 1. The maximum Gasteiger partial charge on any atom is 0.259 e. The lowest BCUT2D eigenvalue weighted by Crippen LogP contribution is -2.14. The van der Waals surface area contributed by atoms with Crippen LogP contribution in [0.5, 0.6) is 11.5 Å². The van der Waals surface area contributed by atoms with E-state index in [1.165, 1.54) is 24.8 Å². The van der Waals surface area contributed by atoms with Gasteiger partial charge in [-0.25, -0.2) is 4.99 Å². The summed E-state index contributed by atoms with van der Waals surface area (Å²) in [6.45, 7) is 0. The molecular weight excluding hydrogens is 535 g/mol. The van der Waals surface area contributed by atoms with Gasteiger partial charge in [0.05, 0.1) is 16.2 Å². The molecule has 32 heavy (non-hydrogen) atoms. The molecule has 0 spiro atoms. The number of para-hydroxylation sites is 1. The predicted molar refractivity (Wildman–Crippen MR) is 139 cm³/mol. The molecule has 5 nitrogen and oxygen atoms in total. The Morgan fingerprint density at radius 2 is 1.91 bits per heavy atom. The lowest BCUT2D eigenvalue weighted by molar-refractivity contribution is 0.102. The number of ether oxygens (including phenoxy) is 1. The van der Waals surface area contributed by atoms with E-state index in [9.17, 15) is 9.90 Å². The van der Waals surface area contributed by atoms with Crippen LogP contribution in [-0.2, 0) is 12.8 Å². The van der Waals surface area contributed by atoms with Crippen molar-refractivity contribution in [2.24, 2.45) is 4.99 Å². The van der Waals surface area contributed by atoms with Crippen LogP contribution in [0.2, 0.25) is 0 Å². The Morgan fingerprint density at radius 1 is 1.16 bits per heavy atom. The number of thiophene rings is 1. The molecule has 0 saturated heterocycles. The summed E-state index contributed by atoms with van der Waals surface area (Å²) in [5.74, 6) is 0.408. The van der Waals surface area contributed by atoms with Gasteiger partial charge in [-0.05, 0) is 83.7 Å². The minimum Gasteiger partial charge on any atom is -0.504 e. The van der Waals surface area contributed by atoms with E-state index in [0.29, 0.717) is 14.9 Å². The second-order valence-corrected chi connectivity index (χ2v) is 9.98. The molecule has 1 aromatic heterocycles. The summed E-state index contributed by atoms with van der Waals surface area (Å²) < 4.78 is 5.95. The summed E-state index contributed by atoms with van der Waals surface area (Å²) >= 11 is 3.69. The molecule has 1 amide bonds. The Hall–Kier alpha value is -2.39. The van der Waals surface area contributed by atoms with Crippen LogP contribution in [0, 0.1) is 3.57 Å². The molecule has 1 aliphatic rings. The third kappa shape index (κ3) is 5.15. The van der Waals surface area contributed by atoms with Gasteiger partial charge in [-0.15, -0.1) is 11.3 Å². The molecule has 0 atom stereocenters. The fraction of sp³-hybridized carbons (Fsp3) is 0.280. The van der Waals surface area contributed by atoms with Gasteiger partial charge in [0.25, 0.3) is 5.91 Å². The van der Waals surface area contributed by atoms with Crippen LogP contribution in [-0.4, -0.2) is 24.3 Å². The lowest BCUT2D eigenvalue weighted by atomic mass is 9.96. The van der Waals surface area contributed by atoms with E-state index in [1.807, 2.05) is 36.4 Å². The summed E-state index contributed by atoms with van der Waals surface area (Å²) in [6, 6.07) is 13.1. The van der Waals surface area contributed by atoms with Crippen molar-refractivity contribution in [1.29, 1.82) is 0 Å². The number of phenolic OH excluding ortho intramolecular Hbond substituents is 1. The maximum absolute atomic E-state index is 13.3. The molecule has 0 unspecified atom stereocenters. The number of carbonyl (C=O) groups is 1. The van der Waals surface area contributed by atoms with E-state index in [4.69, 9.17) is 9.73 Å². The predicted octanol–water partition coefficient (Wildman–Crippen LogP) is 6.73. The summed E-state index contributed by atoms with van der Waals surface area (Å²) in [5.41, 5.74) is 3.41. The second kappa shape index (κ2) is 10.5. The average molecular weight is 560 g/mol. The summed E-state index contributed by atoms with van der Waals surface area (Å²) in [7, 11) is 1.53. The number of fused-ring (bicyclic) bond motifs is 1. The monoisotopic (exact) mass is 560 g/mol. The zero-order chi connectivity index (χ0) is 22.5. The highest BCUT2D eigenvalue weighted by Crippen LogP contribution is 2.39. The lowest BCUT2D eigenvalue weighted by Gasteiger charge is -2.12. The molecule has 1 heterocycles. The van der Waals surface area contributed by atoms with Crippen LogP contribution in [0.25, 0.3) is 0 Å². The van der Waals surface area contributed by atoms with Gasteiger partial charge >= 0.3 is 0 Å². The largest absolute Gasteiger partial charge is 0.504 e. The molecule has 0 saturated carbocycles. The van der Waals surface area contributed by atoms with Gasteiger partial charge in [0.1, 0.15) is 5.00 Å². The highest BCUT2D eigenvalue weighted by atomic mass is 127. The number of aromatic hydroxyl groups is 1. The number of halogens is 1. The van der Waals surface area contributed by atoms with Crippen LogP contribution in [0.15, 0.2) is 47.5 Å². The minimum absolute atomic E-state index is 0.112. The number of amides is 1. The quantitative estimate of drug-likeness (QED) is 0.269. The zero-order valence-electron chi connectivity index (χ0n) is 17.9. The number of hydrogen-bond acceptors (Lipinski definition) is 5. The van der Waals surface area contributed by atoms with Crippen molar-refractivity contribution in [2.75, 3.05) is 12.4 Å². The van der Waals surface area contributed by atoms with Gasteiger partial charge in [-0.3, -0.25) is 4.79 Å². The maximum atomic E-state index is 13.3. The van der Waals surface area contributed by atoms with E-state index < -0.39 is 0 Å². The fourth-order valence-corrected chi connectivity index (χ4v) is 5.76. The van der Waals surface area contributed by atoms with E-state index in [-0.39, 0.29) is 11.7 Å². The molecule has 3 aromatic rings. The van der Waals surface area contributed by atoms with Gasteiger partial charge in [0.2, 0.25) is 0 Å². The van der Waals surface area contributed by atoms with E-state index >= 15 is 0 Å². The Labute approximate surface area is 205 Å².